The Morgan fingerprint density at radius 1 is 1.17 bits per heavy atom. The molecule has 1 saturated carbocycles. The molecule has 4 nitrogen and oxygen atoms in total. The lowest BCUT2D eigenvalue weighted by atomic mass is 9.95. The molecule has 0 aromatic heterocycles. The minimum atomic E-state index is -0.0686. The lowest BCUT2D eigenvalue weighted by molar-refractivity contribution is -0.137. The standard InChI is InChI=1S/C20H28N2O2/c1-3-18(15-8-6-14(2)7-9-15)21-19(23)17-5-4-12-22(13-17)20(24)16-10-11-16/h6-9,16-18H,3-5,10-13H2,1-2H3,(H,21,23). The first-order valence-corrected chi connectivity index (χ1v) is 9.24. The molecule has 1 heterocycles. The maximum absolute atomic E-state index is 12.7. The van der Waals surface area contributed by atoms with Gasteiger partial charge in [-0.2, -0.15) is 0 Å². The second kappa shape index (κ2) is 7.37. The molecule has 24 heavy (non-hydrogen) atoms. The van der Waals surface area contributed by atoms with Gasteiger partial charge in [0.15, 0.2) is 0 Å². The summed E-state index contributed by atoms with van der Waals surface area (Å²) in [6.45, 7) is 5.56. The molecule has 130 valence electrons. The summed E-state index contributed by atoms with van der Waals surface area (Å²) < 4.78 is 0. The Bertz CT molecular complexity index is 592. The van der Waals surface area contributed by atoms with Crippen molar-refractivity contribution in [1.29, 1.82) is 0 Å². The fourth-order valence-electron chi connectivity index (χ4n) is 3.49. The van der Waals surface area contributed by atoms with Gasteiger partial charge in [-0.3, -0.25) is 9.59 Å². The van der Waals surface area contributed by atoms with Crippen LogP contribution in [0.4, 0.5) is 0 Å². The SMILES string of the molecule is CCC(NC(=O)C1CCCN(C(=O)C2CC2)C1)c1ccc(C)cc1. The highest BCUT2D eigenvalue weighted by atomic mass is 16.2. The van der Waals surface area contributed by atoms with E-state index in [9.17, 15) is 9.59 Å². The van der Waals surface area contributed by atoms with Gasteiger partial charge in [0.2, 0.25) is 11.8 Å². The van der Waals surface area contributed by atoms with Crippen molar-refractivity contribution >= 4 is 11.8 Å². The first kappa shape index (κ1) is 17.0. The number of carbonyl (C=O) groups is 2. The van der Waals surface area contributed by atoms with Gasteiger partial charge in [-0.1, -0.05) is 36.8 Å². The van der Waals surface area contributed by atoms with Crippen LogP contribution in [0, 0.1) is 18.8 Å². The maximum atomic E-state index is 12.7. The Morgan fingerprint density at radius 2 is 1.88 bits per heavy atom. The minimum Gasteiger partial charge on any atom is -0.349 e. The summed E-state index contributed by atoms with van der Waals surface area (Å²) in [6.07, 6.45) is 4.73. The molecule has 4 heteroatoms. The number of hydrogen-bond donors (Lipinski definition) is 1. The molecule has 2 aliphatic rings. The van der Waals surface area contributed by atoms with Crippen LogP contribution in [-0.2, 0) is 9.59 Å². The normalized spacial score (nSPS) is 22.1. The van der Waals surface area contributed by atoms with E-state index in [4.69, 9.17) is 0 Å². The number of amides is 2. The highest BCUT2D eigenvalue weighted by Crippen LogP contribution is 2.32. The number of nitrogens with one attached hydrogen (secondary N) is 1. The van der Waals surface area contributed by atoms with E-state index in [1.807, 2.05) is 4.90 Å². The van der Waals surface area contributed by atoms with Crippen LogP contribution < -0.4 is 5.32 Å². The van der Waals surface area contributed by atoms with Crippen LogP contribution in [0.25, 0.3) is 0 Å². The highest BCUT2D eigenvalue weighted by Gasteiger charge is 2.36. The van der Waals surface area contributed by atoms with E-state index in [0.29, 0.717) is 6.54 Å². The van der Waals surface area contributed by atoms with Gasteiger partial charge in [0.05, 0.1) is 12.0 Å². The number of rotatable bonds is 5. The van der Waals surface area contributed by atoms with E-state index in [1.54, 1.807) is 0 Å². The van der Waals surface area contributed by atoms with E-state index in [1.165, 1.54) is 5.56 Å². The number of aryl methyl sites for hydroxylation is 1. The van der Waals surface area contributed by atoms with Gasteiger partial charge in [0.1, 0.15) is 0 Å². The van der Waals surface area contributed by atoms with E-state index in [0.717, 1.165) is 44.2 Å². The summed E-state index contributed by atoms with van der Waals surface area (Å²) in [5.41, 5.74) is 2.37. The van der Waals surface area contributed by atoms with Crippen molar-refractivity contribution < 1.29 is 9.59 Å². The third-order valence-corrected chi connectivity index (χ3v) is 5.23. The summed E-state index contributed by atoms with van der Waals surface area (Å²) in [7, 11) is 0. The molecule has 1 aliphatic carbocycles. The molecule has 0 spiro atoms. The summed E-state index contributed by atoms with van der Waals surface area (Å²) in [4.78, 5) is 26.9. The second-order valence-corrected chi connectivity index (χ2v) is 7.28. The van der Waals surface area contributed by atoms with Crippen molar-refractivity contribution in [2.75, 3.05) is 13.1 Å². The lowest BCUT2D eigenvalue weighted by Gasteiger charge is -2.33. The summed E-state index contributed by atoms with van der Waals surface area (Å²) in [6, 6.07) is 8.40. The molecule has 3 rings (SSSR count). The largest absolute Gasteiger partial charge is 0.349 e. The Hall–Kier alpha value is -1.84. The quantitative estimate of drug-likeness (QED) is 0.902. The predicted octanol–water partition coefficient (Wildman–Crippen LogP) is 3.21. The molecule has 1 aromatic rings. The molecule has 0 radical (unpaired) electrons. The molecule has 2 amide bonds. The van der Waals surface area contributed by atoms with Crippen LogP contribution >= 0.6 is 0 Å². The van der Waals surface area contributed by atoms with Gasteiger partial charge < -0.3 is 10.2 Å². The number of piperidine rings is 1. The molecule has 1 N–H and O–H groups in total. The summed E-state index contributed by atoms with van der Waals surface area (Å²) in [5, 5.41) is 3.20. The van der Waals surface area contributed by atoms with Gasteiger partial charge in [0, 0.05) is 19.0 Å². The zero-order valence-electron chi connectivity index (χ0n) is 14.8. The number of likely N-dealkylation sites (tertiary alicyclic amines) is 1. The van der Waals surface area contributed by atoms with Crippen molar-refractivity contribution in [3.63, 3.8) is 0 Å². The van der Waals surface area contributed by atoms with Crippen molar-refractivity contribution in [2.24, 2.45) is 11.8 Å². The average Bonchev–Trinajstić information content (AvgIpc) is 3.45. The summed E-state index contributed by atoms with van der Waals surface area (Å²) in [5.74, 6) is 0.525. The van der Waals surface area contributed by atoms with Gasteiger partial charge >= 0.3 is 0 Å². The van der Waals surface area contributed by atoms with E-state index in [-0.39, 0.29) is 29.7 Å². The monoisotopic (exact) mass is 328 g/mol. The lowest BCUT2D eigenvalue weighted by Crippen LogP contribution is -2.46. The van der Waals surface area contributed by atoms with Crippen molar-refractivity contribution in [1.82, 2.24) is 10.2 Å². The highest BCUT2D eigenvalue weighted by molar-refractivity contribution is 5.83. The molecule has 1 saturated heterocycles. The topological polar surface area (TPSA) is 49.4 Å². The van der Waals surface area contributed by atoms with Gasteiger partial charge in [-0.05, 0) is 44.6 Å². The molecule has 0 bridgehead atoms. The van der Waals surface area contributed by atoms with Crippen LogP contribution in [0.15, 0.2) is 24.3 Å². The van der Waals surface area contributed by atoms with Gasteiger partial charge in [0.25, 0.3) is 0 Å². The molecular weight excluding hydrogens is 300 g/mol. The first-order chi connectivity index (χ1) is 11.6. The summed E-state index contributed by atoms with van der Waals surface area (Å²) >= 11 is 0. The molecule has 2 fully saturated rings. The number of hydrogen-bond acceptors (Lipinski definition) is 2. The Morgan fingerprint density at radius 3 is 2.50 bits per heavy atom. The van der Waals surface area contributed by atoms with E-state index < -0.39 is 0 Å². The number of nitrogens with zero attached hydrogens (tertiary/aromatic N) is 1. The zero-order valence-corrected chi connectivity index (χ0v) is 14.8. The Labute approximate surface area is 144 Å². The van der Waals surface area contributed by atoms with Crippen LogP contribution in [-0.4, -0.2) is 29.8 Å². The number of carbonyl (C=O) groups excluding carboxylic acids is 2. The Kier molecular flexibility index (Phi) is 5.22. The van der Waals surface area contributed by atoms with Gasteiger partial charge in [-0.25, -0.2) is 0 Å². The molecule has 2 atom stereocenters. The average molecular weight is 328 g/mol. The number of benzene rings is 1. The molecule has 2 unspecified atom stereocenters. The smallest absolute Gasteiger partial charge is 0.225 e. The molecule has 1 aromatic carbocycles. The molecular formula is C20H28N2O2. The van der Waals surface area contributed by atoms with Crippen LogP contribution in [0.1, 0.15) is 56.2 Å². The van der Waals surface area contributed by atoms with E-state index >= 15 is 0 Å². The van der Waals surface area contributed by atoms with Crippen LogP contribution in [0.2, 0.25) is 0 Å². The van der Waals surface area contributed by atoms with Crippen molar-refractivity contribution in [2.45, 2.75) is 52.0 Å². The molecule has 1 aliphatic heterocycles. The fourth-order valence-corrected chi connectivity index (χ4v) is 3.49. The van der Waals surface area contributed by atoms with Crippen LogP contribution in [0.3, 0.4) is 0 Å². The Balaban J connectivity index is 1.60. The first-order valence-electron chi connectivity index (χ1n) is 9.24. The third kappa shape index (κ3) is 3.97. The predicted molar refractivity (Wildman–Crippen MR) is 94.4 cm³/mol. The van der Waals surface area contributed by atoms with Crippen molar-refractivity contribution in [3.05, 3.63) is 35.4 Å². The van der Waals surface area contributed by atoms with Crippen LogP contribution in [0.5, 0.6) is 0 Å². The zero-order chi connectivity index (χ0) is 17.1. The van der Waals surface area contributed by atoms with Crippen molar-refractivity contribution in [3.8, 4) is 0 Å². The third-order valence-electron chi connectivity index (χ3n) is 5.23. The van der Waals surface area contributed by atoms with E-state index in [2.05, 4.69) is 43.4 Å². The fraction of sp³-hybridized carbons (Fsp3) is 0.600. The van der Waals surface area contributed by atoms with Gasteiger partial charge in [-0.15, -0.1) is 0 Å². The second-order valence-electron chi connectivity index (χ2n) is 7.28. The maximum Gasteiger partial charge on any atom is 0.225 e. The minimum absolute atomic E-state index is 0.0487.